The van der Waals surface area contributed by atoms with Crippen molar-refractivity contribution in [2.75, 3.05) is 0 Å². The van der Waals surface area contributed by atoms with E-state index < -0.39 is 0 Å². The minimum Gasteiger partial charge on any atom is -0.354 e. The van der Waals surface area contributed by atoms with E-state index in [-0.39, 0.29) is 23.1 Å². The van der Waals surface area contributed by atoms with Crippen LogP contribution in [0.5, 0.6) is 0 Å². The first kappa shape index (κ1) is 42.0. The highest BCUT2D eigenvalue weighted by Crippen LogP contribution is 2.42. The van der Waals surface area contributed by atoms with Crippen LogP contribution in [-0.2, 0) is 0 Å². The van der Waals surface area contributed by atoms with Crippen molar-refractivity contribution in [3.63, 3.8) is 0 Å². The maximum atomic E-state index is 5.61. The molecule has 3 aromatic heterocycles. The molecule has 9 rings (SSSR count). The normalized spacial score (nSPS) is 12.0. The number of aromatic nitrogens is 4. The second kappa shape index (κ2) is 15.9. The fourth-order valence-electron chi connectivity index (χ4n) is 9.25. The van der Waals surface area contributed by atoms with Gasteiger partial charge in [0.1, 0.15) is 0 Å². The van der Waals surface area contributed by atoms with E-state index in [9.17, 15) is 0 Å². The number of hydrogen-bond donors (Lipinski definition) is 2. The molecule has 2 aliphatic rings. The third-order valence-electron chi connectivity index (χ3n) is 14.1. The highest BCUT2D eigenvalue weighted by molar-refractivity contribution is 6.01. The zero-order chi connectivity index (χ0) is 42.3. The van der Waals surface area contributed by atoms with Crippen molar-refractivity contribution in [1.29, 1.82) is 0 Å². The van der Waals surface area contributed by atoms with Gasteiger partial charge in [0, 0.05) is 67.4 Å². The smallest absolute Gasteiger partial charge is 0.0737 e. The fraction of sp³-hybridized carbons (Fsp3) is 0.214. The summed E-state index contributed by atoms with van der Waals surface area (Å²) in [5, 5.41) is 0. The molecule has 2 radical (unpaired) electrons. The Kier molecular flexibility index (Phi) is 11.0. The minimum absolute atomic E-state index is 0. The van der Waals surface area contributed by atoms with Gasteiger partial charge in [0.2, 0.25) is 0 Å². The first-order valence-corrected chi connectivity index (χ1v) is 21.2. The number of rotatable bonds is 4. The second-order valence-corrected chi connectivity index (χ2v) is 17.2. The summed E-state index contributed by atoms with van der Waals surface area (Å²) in [7, 11) is 0. The number of hydrogen-bond acceptors (Lipinski definition) is 2. The Morgan fingerprint density at radius 3 is 0.705 bits per heavy atom. The summed E-state index contributed by atoms with van der Waals surface area (Å²) >= 11 is 0. The van der Waals surface area contributed by atoms with Crippen molar-refractivity contribution >= 4 is 69.4 Å². The largest absolute Gasteiger partial charge is 0.354 e. The monoisotopic (exact) mass is 806 g/mol. The lowest BCUT2D eigenvalue weighted by Gasteiger charge is -2.14. The van der Waals surface area contributed by atoms with Gasteiger partial charge in [-0.15, -0.1) is 0 Å². The van der Waals surface area contributed by atoms with Gasteiger partial charge in [-0.1, -0.05) is 48.5 Å². The fourth-order valence-corrected chi connectivity index (χ4v) is 9.25. The van der Waals surface area contributed by atoms with Crippen LogP contribution in [0.15, 0.2) is 72.8 Å². The summed E-state index contributed by atoms with van der Waals surface area (Å²) in [5.41, 5.74) is 32.1. The first-order chi connectivity index (χ1) is 28.7. The van der Waals surface area contributed by atoms with Crippen LogP contribution >= 0.6 is 0 Å². The lowest BCUT2D eigenvalue weighted by Crippen LogP contribution is -1.96. The molecular formula is C56H54MgN4. The Hall–Kier alpha value is -5.75. The lowest BCUT2D eigenvalue weighted by molar-refractivity contribution is 1.25. The quantitative estimate of drug-likeness (QED) is 0.174. The summed E-state index contributed by atoms with van der Waals surface area (Å²) in [6, 6.07) is 27.0. The van der Waals surface area contributed by atoms with Crippen LogP contribution < -0.4 is 0 Å². The number of nitrogens with zero attached hydrogens (tertiary/aromatic N) is 2. The molecule has 0 spiro atoms. The number of benzene rings is 4. The molecule has 0 unspecified atom stereocenters. The van der Waals surface area contributed by atoms with Gasteiger partial charge in [0.05, 0.1) is 22.8 Å². The Morgan fingerprint density at radius 2 is 0.492 bits per heavy atom. The van der Waals surface area contributed by atoms with Gasteiger partial charge in [-0.25, -0.2) is 9.97 Å². The van der Waals surface area contributed by atoms with Crippen LogP contribution in [0.3, 0.4) is 0 Å². The third-order valence-corrected chi connectivity index (χ3v) is 14.1. The average molecular weight is 807 g/mol. The van der Waals surface area contributed by atoms with Gasteiger partial charge in [-0.05, 0) is 221 Å². The molecule has 7 aromatic rings. The Labute approximate surface area is 377 Å². The maximum Gasteiger partial charge on any atom is 0.0737 e. The van der Waals surface area contributed by atoms with Gasteiger partial charge in [-0.3, -0.25) is 0 Å². The molecule has 5 heteroatoms. The molecule has 300 valence electrons. The molecule has 4 nitrogen and oxygen atoms in total. The Balaban J connectivity index is 0.00000514. The first-order valence-electron chi connectivity index (χ1n) is 21.2. The summed E-state index contributed by atoms with van der Waals surface area (Å²) in [6.07, 6.45) is 8.82. The van der Waals surface area contributed by atoms with Gasteiger partial charge in [0.25, 0.3) is 0 Å². The molecule has 0 fully saturated rings. The molecule has 2 aliphatic heterocycles. The van der Waals surface area contributed by atoms with Crippen LogP contribution in [0, 0.1) is 83.1 Å². The van der Waals surface area contributed by atoms with Crippen LogP contribution in [0.1, 0.15) is 89.5 Å². The van der Waals surface area contributed by atoms with Crippen molar-refractivity contribution < 1.29 is 0 Å². The van der Waals surface area contributed by atoms with E-state index in [0.717, 1.165) is 67.1 Å². The SMILES string of the molecule is Cc1ccc(-c2c3nc(c(-c4ccc(C)c(C)c4C)c4ccc([nH]4)c(-c4ccc(C)c(C)c4C)c4nc(c(-c5ccc(C)c(C)c5C)c5ccc2[nH]5)C=C4)C=C3)c(C)c1C.[Mg]. The predicted molar refractivity (Wildman–Crippen MR) is 263 cm³/mol. The van der Waals surface area contributed by atoms with Crippen LogP contribution in [0.2, 0.25) is 0 Å². The molecule has 0 atom stereocenters. The summed E-state index contributed by atoms with van der Waals surface area (Å²) in [6.45, 7) is 26.6. The number of H-pyrrole nitrogens is 2. The van der Waals surface area contributed by atoms with Crippen molar-refractivity contribution in [3.05, 3.63) is 162 Å². The van der Waals surface area contributed by atoms with Crippen LogP contribution in [-0.4, -0.2) is 43.0 Å². The highest BCUT2D eigenvalue weighted by Gasteiger charge is 2.22. The average Bonchev–Trinajstić information content (AvgIpc) is 4.08. The molecular weight excluding hydrogens is 753 g/mol. The molecule has 0 saturated heterocycles. The maximum absolute atomic E-state index is 5.61. The Bertz CT molecular complexity index is 2800. The third kappa shape index (κ3) is 6.92. The number of fused-ring (bicyclic) bond motifs is 8. The topological polar surface area (TPSA) is 57.4 Å². The van der Waals surface area contributed by atoms with E-state index in [1.54, 1.807) is 0 Å². The number of nitrogens with one attached hydrogen (secondary N) is 2. The van der Waals surface area contributed by atoms with E-state index in [4.69, 9.17) is 9.97 Å². The van der Waals surface area contributed by atoms with Gasteiger partial charge in [-0.2, -0.15) is 0 Å². The van der Waals surface area contributed by atoms with Crippen molar-refractivity contribution in [3.8, 4) is 44.5 Å². The van der Waals surface area contributed by atoms with E-state index >= 15 is 0 Å². The van der Waals surface area contributed by atoms with Crippen LogP contribution in [0.25, 0.3) is 90.9 Å². The lowest BCUT2D eigenvalue weighted by atomic mass is 9.93. The van der Waals surface area contributed by atoms with E-state index in [1.807, 2.05) is 0 Å². The molecule has 0 saturated carbocycles. The van der Waals surface area contributed by atoms with Gasteiger partial charge in [0.15, 0.2) is 0 Å². The predicted octanol–water partition coefficient (Wildman–Crippen LogP) is 14.6. The summed E-state index contributed by atoms with van der Waals surface area (Å²) in [4.78, 5) is 19.2. The molecule has 0 aliphatic carbocycles. The van der Waals surface area contributed by atoms with Crippen LogP contribution in [0.4, 0.5) is 0 Å². The molecule has 2 N–H and O–H groups in total. The zero-order valence-corrected chi connectivity index (χ0v) is 39.3. The summed E-state index contributed by atoms with van der Waals surface area (Å²) < 4.78 is 0. The zero-order valence-electron chi connectivity index (χ0n) is 37.8. The standard InChI is InChI=1S/C56H54N4.Mg/c1-29-13-17-41(37(9)33(29)5)53-45-21-23-47(57-45)54(42-18-14-30(2)34(6)38(42)10)49-25-27-51(59-49)56(44-20-16-32(4)36(8)40(44)12)52-28-26-50(60-52)55(48-24-22-46(53)58-48)43-19-15-31(3)35(7)39(43)11;/h13-28,57,60H,1-12H3;. The van der Waals surface area contributed by atoms with Gasteiger partial charge < -0.3 is 9.97 Å². The van der Waals surface area contributed by atoms with Crippen molar-refractivity contribution in [2.24, 2.45) is 0 Å². The van der Waals surface area contributed by atoms with E-state index in [2.05, 4.69) is 190 Å². The highest BCUT2D eigenvalue weighted by atomic mass is 24.3. The number of aryl methyl sites for hydroxylation is 4. The van der Waals surface area contributed by atoms with Crippen molar-refractivity contribution in [1.82, 2.24) is 19.9 Å². The van der Waals surface area contributed by atoms with E-state index in [0.29, 0.717) is 0 Å². The molecule has 5 heterocycles. The molecule has 4 aromatic carbocycles. The minimum atomic E-state index is 0. The Morgan fingerprint density at radius 1 is 0.279 bits per heavy atom. The molecule has 8 bridgehead atoms. The van der Waals surface area contributed by atoms with E-state index in [1.165, 1.54) is 89.0 Å². The van der Waals surface area contributed by atoms with Gasteiger partial charge >= 0.3 is 0 Å². The second-order valence-electron chi connectivity index (χ2n) is 17.2. The molecule has 0 amide bonds. The summed E-state index contributed by atoms with van der Waals surface area (Å²) in [5.74, 6) is 0. The molecule has 61 heavy (non-hydrogen) atoms. The van der Waals surface area contributed by atoms with Crippen molar-refractivity contribution in [2.45, 2.75) is 83.1 Å². The number of aromatic amines is 2.